The summed E-state index contributed by atoms with van der Waals surface area (Å²) in [5, 5.41) is 0.613. The summed E-state index contributed by atoms with van der Waals surface area (Å²) in [5.41, 5.74) is 1.79. The van der Waals surface area contributed by atoms with Crippen molar-refractivity contribution < 1.29 is 4.79 Å². The highest BCUT2D eigenvalue weighted by Crippen LogP contribution is 2.36. The fraction of sp³-hybridized carbons (Fsp3) is 0.409. The molecule has 0 radical (unpaired) electrons. The first-order valence-electron chi connectivity index (χ1n) is 10.0. The van der Waals surface area contributed by atoms with Gasteiger partial charge in [-0.2, -0.15) is 0 Å². The van der Waals surface area contributed by atoms with E-state index in [9.17, 15) is 9.59 Å². The number of nitrogens with zero attached hydrogens (tertiary/aromatic N) is 3. The van der Waals surface area contributed by atoms with Crippen molar-refractivity contribution in [1.82, 2.24) is 14.5 Å². The van der Waals surface area contributed by atoms with Crippen molar-refractivity contribution in [2.45, 2.75) is 46.6 Å². The Balaban J connectivity index is 2.07. The van der Waals surface area contributed by atoms with Crippen LogP contribution < -0.4 is 5.56 Å². The SMILES string of the molecule is CCCN(CCC)C(=O)Cn1cnc2sc(CC)c(-c3ccc(Br)cc3)c2c1=O. The Labute approximate surface area is 183 Å². The first kappa shape index (κ1) is 21.7. The molecule has 2 heterocycles. The van der Waals surface area contributed by atoms with Gasteiger partial charge in [0.2, 0.25) is 5.91 Å². The summed E-state index contributed by atoms with van der Waals surface area (Å²) in [6.07, 6.45) is 4.14. The number of benzene rings is 1. The molecule has 1 aromatic carbocycles. The molecule has 0 bridgehead atoms. The van der Waals surface area contributed by atoms with Crippen molar-refractivity contribution in [1.29, 1.82) is 0 Å². The van der Waals surface area contributed by atoms with Crippen LogP contribution >= 0.6 is 27.3 Å². The van der Waals surface area contributed by atoms with Crippen molar-refractivity contribution in [3.63, 3.8) is 0 Å². The number of aryl methyl sites for hydroxylation is 1. The van der Waals surface area contributed by atoms with E-state index in [2.05, 4.69) is 41.7 Å². The molecule has 0 saturated heterocycles. The van der Waals surface area contributed by atoms with Gasteiger partial charge >= 0.3 is 0 Å². The number of thiophene rings is 1. The van der Waals surface area contributed by atoms with E-state index < -0.39 is 0 Å². The van der Waals surface area contributed by atoms with E-state index in [-0.39, 0.29) is 18.0 Å². The maximum atomic E-state index is 13.3. The lowest BCUT2D eigenvalue weighted by Crippen LogP contribution is -2.37. The van der Waals surface area contributed by atoms with Crippen molar-refractivity contribution in [3.8, 4) is 11.1 Å². The normalized spacial score (nSPS) is 11.2. The number of carbonyl (C=O) groups excluding carboxylic acids is 1. The third kappa shape index (κ3) is 4.61. The largest absolute Gasteiger partial charge is 0.341 e. The fourth-order valence-electron chi connectivity index (χ4n) is 3.50. The van der Waals surface area contributed by atoms with E-state index in [1.54, 1.807) is 11.3 Å². The molecule has 5 nitrogen and oxygen atoms in total. The van der Waals surface area contributed by atoms with Crippen LogP contribution in [0.1, 0.15) is 38.5 Å². The molecule has 7 heteroatoms. The maximum Gasteiger partial charge on any atom is 0.263 e. The molecule has 2 aromatic heterocycles. The third-order valence-corrected chi connectivity index (χ3v) is 6.62. The number of amides is 1. The zero-order valence-corrected chi connectivity index (χ0v) is 19.5. The first-order chi connectivity index (χ1) is 14.0. The van der Waals surface area contributed by atoms with E-state index in [4.69, 9.17) is 0 Å². The van der Waals surface area contributed by atoms with E-state index in [1.807, 2.05) is 29.2 Å². The Morgan fingerprint density at radius 3 is 2.38 bits per heavy atom. The van der Waals surface area contributed by atoms with Gasteiger partial charge in [0.15, 0.2) is 0 Å². The average Bonchev–Trinajstić information content (AvgIpc) is 3.10. The topological polar surface area (TPSA) is 55.2 Å². The van der Waals surface area contributed by atoms with E-state index >= 15 is 0 Å². The van der Waals surface area contributed by atoms with Crippen LogP contribution in [0.2, 0.25) is 0 Å². The van der Waals surface area contributed by atoms with Gasteiger partial charge in [-0.05, 0) is 37.0 Å². The van der Waals surface area contributed by atoms with Crippen LogP contribution in [0.5, 0.6) is 0 Å². The third-order valence-electron chi connectivity index (χ3n) is 4.85. The summed E-state index contributed by atoms with van der Waals surface area (Å²) in [7, 11) is 0. The van der Waals surface area contributed by atoms with Gasteiger partial charge in [-0.25, -0.2) is 4.98 Å². The smallest absolute Gasteiger partial charge is 0.263 e. The van der Waals surface area contributed by atoms with E-state index in [0.29, 0.717) is 18.5 Å². The van der Waals surface area contributed by atoms with Crippen molar-refractivity contribution in [2.24, 2.45) is 0 Å². The summed E-state index contributed by atoms with van der Waals surface area (Å²) in [6, 6.07) is 7.97. The molecule has 0 fully saturated rings. The highest BCUT2D eigenvalue weighted by molar-refractivity contribution is 9.10. The molecule has 154 valence electrons. The second-order valence-corrected chi connectivity index (χ2v) is 9.00. The highest BCUT2D eigenvalue weighted by atomic mass is 79.9. The van der Waals surface area contributed by atoms with Crippen molar-refractivity contribution >= 4 is 43.4 Å². The summed E-state index contributed by atoms with van der Waals surface area (Å²) in [5.74, 6) is -0.0342. The van der Waals surface area contributed by atoms with Crippen LogP contribution in [0.25, 0.3) is 21.3 Å². The maximum absolute atomic E-state index is 13.3. The van der Waals surface area contributed by atoms with Crippen LogP contribution in [0.4, 0.5) is 0 Å². The number of hydrogen-bond acceptors (Lipinski definition) is 4. The summed E-state index contributed by atoms with van der Waals surface area (Å²) >= 11 is 5.02. The second kappa shape index (κ2) is 9.67. The monoisotopic (exact) mass is 475 g/mol. The van der Waals surface area contributed by atoms with Crippen LogP contribution in [0.15, 0.2) is 39.9 Å². The zero-order chi connectivity index (χ0) is 21.0. The molecule has 0 aliphatic heterocycles. The average molecular weight is 476 g/mol. The summed E-state index contributed by atoms with van der Waals surface area (Å²) in [6.45, 7) is 7.64. The van der Waals surface area contributed by atoms with Gasteiger partial charge in [-0.3, -0.25) is 14.2 Å². The molecular weight excluding hydrogens is 450 g/mol. The molecule has 0 N–H and O–H groups in total. The number of rotatable bonds is 8. The molecule has 3 rings (SSSR count). The lowest BCUT2D eigenvalue weighted by atomic mass is 10.0. The Hall–Kier alpha value is -1.99. The number of halogens is 1. The standard InChI is InChI=1S/C22H26BrN3O2S/c1-4-11-25(12-5-2)18(27)13-26-14-24-21-20(22(26)28)19(17(6-3)29-21)15-7-9-16(23)10-8-15/h7-10,14H,4-6,11-13H2,1-3H3. The fourth-order valence-corrected chi connectivity index (χ4v) is 4.86. The molecule has 0 unspecified atom stereocenters. The van der Waals surface area contributed by atoms with Gasteiger partial charge in [0, 0.05) is 28.0 Å². The van der Waals surface area contributed by atoms with Gasteiger partial charge in [0.05, 0.1) is 11.7 Å². The molecule has 1 amide bonds. The van der Waals surface area contributed by atoms with Gasteiger partial charge in [0.25, 0.3) is 5.56 Å². The first-order valence-corrected chi connectivity index (χ1v) is 11.7. The minimum absolute atomic E-state index is 0.0266. The minimum atomic E-state index is -0.148. The molecule has 3 aromatic rings. The minimum Gasteiger partial charge on any atom is -0.341 e. The number of hydrogen-bond donors (Lipinski definition) is 0. The summed E-state index contributed by atoms with van der Waals surface area (Å²) < 4.78 is 2.45. The van der Waals surface area contributed by atoms with E-state index in [1.165, 1.54) is 10.9 Å². The van der Waals surface area contributed by atoms with Gasteiger partial charge in [0.1, 0.15) is 11.4 Å². The molecule has 0 saturated carbocycles. The molecular formula is C22H26BrN3O2S. The molecule has 29 heavy (non-hydrogen) atoms. The van der Waals surface area contributed by atoms with E-state index in [0.717, 1.165) is 44.6 Å². The Kier molecular flexibility index (Phi) is 7.24. The summed E-state index contributed by atoms with van der Waals surface area (Å²) in [4.78, 5) is 34.3. The molecule has 0 atom stereocenters. The molecule has 0 aliphatic carbocycles. The molecule has 0 aliphatic rings. The predicted molar refractivity (Wildman–Crippen MR) is 124 cm³/mol. The Morgan fingerprint density at radius 2 is 1.79 bits per heavy atom. The van der Waals surface area contributed by atoms with Crippen molar-refractivity contribution in [2.75, 3.05) is 13.1 Å². The van der Waals surface area contributed by atoms with Crippen LogP contribution in [-0.2, 0) is 17.8 Å². The Morgan fingerprint density at radius 1 is 1.14 bits per heavy atom. The number of fused-ring (bicyclic) bond motifs is 1. The van der Waals surface area contributed by atoms with Crippen LogP contribution in [0, 0.1) is 0 Å². The Bertz CT molecular complexity index is 1050. The van der Waals surface area contributed by atoms with Crippen LogP contribution in [-0.4, -0.2) is 33.4 Å². The van der Waals surface area contributed by atoms with Gasteiger partial charge < -0.3 is 4.90 Å². The highest BCUT2D eigenvalue weighted by Gasteiger charge is 2.20. The van der Waals surface area contributed by atoms with Crippen molar-refractivity contribution in [3.05, 3.63) is 50.3 Å². The molecule has 0 spiro atoms. The quantitative estimate of drug-likeness (QED) is 0.455. The number of aromatic nitrogens is 2. The second-order valence-electron chi connectivity index (χ2n) is 7.00. The lowest BCUT2D eigenvalue weighted by molar-refractivity contribution is -0.132. The zero-order valence-electron chi connectivity index (χ0n) is 17.1. The van der Waals surface area contributed by atoms with Crippen LogP contribution in [0.3, 0.4) is 0 Å². The number of carbonyl (C=O) groups is 1. The predicted octanol–water partition coefficient (Wildman–Crippen LogP) is 5.10. The van der Waals surface area contributed by atoms with Gasteiger partial charge in [-0.1, -0.05) is 48.8 Å². The lowest BCUT2D eigenvalue weighted by Gasteiger charge is -2.21. The van der Waals surface area contributed by atoms with Gasteiger partial charge in [-0.15, -0.1) is 11.3 Å².